The summed E-state index contributed by atoms with van der Waals surface area (Å²) in [6.07, 6.45) is 4.24. The number of fused-ring (bicyclic) bond motifs is 1. The van der Waals surface area contributed by atoms with Crippen LogP contribution in [-0.2, 0) is 16.0 Å². The highest BCUT2D eigenvalue weighted by Crippen LogP contribution is 2.25. The molecule has 0 radical (unpaired) electrons. The maximum absolute atomic E-state index is 12.3. The van der Waals surface area contributed by atoms with Gasteiger partial charge in [0.05, 0.1) is 19.1 Å². The molecule has 0 spiro atoms. The highest BCUT2D eigenvalue weighted by molar-refractivity contribution is 5.96. The maximum atomic E-state index is 12.3. The maximum Gasteiger partial charge on any atom is 0.269 e. The van der Waals surface area contributed by atoms with Crippen LogP contribution >= 0.6 is 0 Å². The smallest absolute Gasteiger partial charge is 0.269 e. The molecule has 3 amide bonds. The van der Waals surface area contributed by atoms with Crippen LogP contribution in [0.3, 0.4) is 0 Å². The van der Waals surface area contributed by atoms with Crippen LogP contribution in [0.25, 0.3) is 0 Å². The lowest BCUT2D eigenvalue weighted by Crippen LogP contribution is -2.46. The molecule has 1 heterocycles. The Labute approximate surface area is 152 Å². The van der Waals surface area contributed by atoms with Gasteiger partial charge in [0.15, 0.2) is 0 Å². The number of carbonyl (C=O) groups excluding carboxylic acids is 3. The number of amides is 3. The molecule has 1 aromatic carbocycles. The number of unbranched alkanes of at least 4 members (excludes halogenated alkanes) is 2. The minimum absolute atomic E-state index is 0.120. The van der Waals surface area contributed by atoms with Crippen molar-refractivity contribution in [3.05, 3.63) is 29.3 Å². The lowest BCUT2D eigenvalue weighted by molar-refractivity contribution is -0.154. The van der Waals surface area contributed by atoms with E-state index >= 15 is 0 Å². The molecule has 142 valence electrons. The van der Waals surface area contributed by atoms with E-state index in [0.717, 1.165) is 37.0 Å². The molecule has 1 aliphatic rings. The third-order valence-electron chi connectivity index (χ3n) is 4.31. The first-order valence-electron chi connectivity index (χ1n) is 8.82. The van der Waals surface area contributed by atoms with Crippen molar-refractivity contribution in [1.82, 2.24) is 15.9 Å². The van der Waals surface area contributed by atoms with E-state index in [0.29, 0.717) is 23.7 Å². The zero-order valence-corrected chi connectivity index (χ0v) is 14.9. The second kappa shape index (κ2) is 9.76. The molecule has 8 nitrogen and oxygen atoms in total. The van der Waals surface area contributed by atoms with Crippen LogP contribution in [-0.4, -0.2) is 41.6 Å². The summed E-state index contributed by atoms with van der Waals surface area (Å²) in [6, 6.07) is 5.11. The Morgan fingerprint density at radius 1 is 1.35 bits per heavy atom. The van der Waals surface area contributed by atoms with E-state index in [9.17, 15) is 19.6 Å². The Morgan fingerprint density at radius 3 is 2.88 bits per heavy atom. The molecule has 1 atom stereocenters. The van der Waals surface area contributed by atoms with E-state index in [1.807, 2.05) is 6.92 Å². The largest absolute Gasteiger partial charge is 0.493 e. The fourth-order valence-corrected chi connectivity index (χ4v) is 2.84. The lowest BCUT2D eigenvalue weighted by Gasteiger charge is -2.19. The summed E-state index contributed by atoms with van der Waals surface area (Å²) < 4.78 is 5.40. The number of nitrogens with zero attached hydrogens (tertiary/aromatic N) is 1. The van der Waals surface area contributed by atoms with Gasteiger partial charge in [-0.3, -0.25) is 30.4 Å². The van der Waals surface area contributed by atoms with Crippen molar-refractivity contribution in [3.8, 4) is 5.75 Å². The van der Waals surface area contributed by atoms with E-state index in [1.54, 1.807) is 18.2 Å². The molecular weight excluding hydrogens is 338 g/mol. The van der Waals surface area contributed by atoms with Crippen LogP contribution < -0.4 is 15.6 Å². The molecule has 0 saturated heterocycles. The first kappa shape index (κ1) is 19.7. The normalized spacial score (nSPS) is 13.3. The SMILES string of the molecule is CCCCC[C@H](CN(O)C=O)C(=O)NNC(=O)c1ccc2c(c1)CCO2. The van der Waals surface area contributed by atoms with Gasteiger partial charge in [-0.1, -0.05) is 26.2 Å². The monoisotopic (exact) mass is 363 g/mol. The van der Waals surface area contributed by atoms with E-state index in [1.165, 1.54) is 0 Å². The summed E-state index contributed by atoms with van der Waals surface area (Å²) in [6.45, 7) is 2.52. The van der Waals surface area contributed by atoms with Gasteiger partial charge in [0.25, 0.3) is 5.91 Å². The summed E-state index contributed by atoms with van der Waals surface area (Å²) in [7, 11) is 0. The third-order valence-corrected chi connectivity index (χ3v) is 4.31. The first-order valence-corrected chi connectivity index (χ1v) is 8.82. The number of hydrogen-bond donors (Lipinski definition) is 3. The fraction of sp³-hybridized carbons (Fsp3) is 0.500. The molecule has 2 rings (SSSR count). The van der Waals surface area contributed by atoms with Crippen molar-refractivity contribution >= 4 is 18.2 Å². The molecule has 8 heteroatoms. The summed E-state index contributed by atoms with van der Waals surface area (Å²) in [5.41, 5.74) is 6.15. The highest BCUT2D eigenvalue weighted by Gasteiger charge is 2.22. The fourth-order valence-electron chi connectivity index (χ4n) is 2.84. The summed E-state index contributed by atoms with van der Waals surface area (Å²) in [5, 5.41) is 9.81. The molecule has 0 aromatic heterocycles. The molecule has 1 aromatic rings. The Hall–Kier alpha value is -2.61. The number of hydrogen-bond acceptors (Lipinski definition) is 5. The second-order valence-electron chi connectivity index (χ2n) is 6.28. The molecule has 0 fully saturated rings. The number of hydroxylamine groups is 2. The predicted molar refractivity (Wildman–Crippen MR) is 93.4 cm³/mol. The van der Waals surface area contributed by atoms with E-state index in [4.69, 9.17) is 4.74 Å². The summed E-state index contributed by atoms with van der Waals surface area (Å²) in [5.74, 6) is -0.708. The average Bonchev–Trinajstić information content (AvgIpc) is 3.12. The van der Waals surface area contributed by atoms with Gasteiger partial charge in [-0.2, -0.15) is 0 Å². The van der Waals surface area contributed by atoms with Crippen LogP contribution in [0, 0.1) is 5.92 Å². The van der Waals surface area contributed by atoms with Crippen LogP contribution in [0.1, 0.15) is 48.5 Å². The Bertz CT molecular complexity index is 650. The number of benzene rings is 1. The molecule has 0 bridgehead atoms. The molecule has 0 aliphatic carbocycles. The van der Waals surface area contributed by atoms with Crippen molar-refractivity contribution in [1.29, 1.82) is 0 Å². The van der Waals surface area contributed by atoms with Crippen molar-refractivity contribution in [3.63, 3.8) is 0 Å². The number of rotatable bonds is 9. The van der Waals surface area contributed by atoms with Gasteiger partial charge in [0, 0.05) is 12.0 Å². The molecule has 3 N–H and O–H groups in total. The van der Waals surface area contributed by atoms with Gasteiger partial charge < -0.3 is 4.74 Å². The van der Waals surface area contributed by atoms with E-state index < -0.39 is 17.7 Å². The van der Waals surface area contributed by atoms with Gasteiger partial charge >= 0.3 is 0 Å². The zero-order valence-electron chi connectivity index (χ0n) is 14.9. The Balaban J connectivity index is 1.90. The summed E-state index contributed by atoms with van der Waals surface area (Å²) >= 11 is 0. The predicted octanol–water partition coefficient (Wildman–Crippen LogP) is 1.43. The zero-order chi connectivity index (χ0) is 18.9. The summed E-state index contributed by atoms with van der Waals surface area (Å²) in [4.78, 5) is 35.1. The van der Waals surface area contributed by atoms with E-state index in [2.05, 4.69) is 10.9 Å². The van der Waals surface area contributed by atoms with Gasteiger partial charge in [0.2, 0.25) is 12.3 Å². The first-order chi connectivity index (χ1) is 12.5. The average molecular weight is 363 g/mol. The standard InChI is InChI=1S/C18H25N3O5/c1-2-3-4-5-15(11-21(25)12-22)18(24)20-19-17(23)14-6-7-16-13(10-14)8-9-26-16/h6-7,10,12,15,25H,2-5,8-9,11H2,1H3,(H,19,23)(H,20,24)/t15-/m1/s1. The van der Waals surface area contributed by atoms with Crippen molar-refractivity contribution in [2.24, 2.45) is 5.92 Å². The van der Waals surface area contributed by atoms with Crippen molar-refractivity contribution in [2.45, 2.75) is 39.0 Å². The van der Waals surface area contributed by atoms with Gasteiger partial charge in [-0.15, -0.1) is 0 Å². The second-order valence-corrected chi connectivity index (χ2v) is 6.28. The molecule has 0 saturated carbocycles. The van der Waals surface area contributed by atoms with Crippen LogP contribution in [0.5, 0.6) is 5.75 Å². The van der Waals surface area contributed by atoms with Crippen LogP contribution in [0.15, 0.2) is 18.2 Å². The molecule has 0 unspecified atom stereocenters. The van der Waals surface area contributed by atoms with E-state index in [-0.39, 0.29) is 13.0 Å². The Kier molecular flexibility index (Phi) is 7.40. The molecule has 26 heavy (non-hydrogen) atoms. The quantitative estimate of drug-likeness (QED) is 0.266. The number of ether oxygens (including phenoxy) is 1. The lowest BCUT2D eigenvalue weighted by atomic mass is 10.0. The molecule has 1 aliphatic heterocycles. The number of hydrazine groups is 1. The van der Waals surface area contributed by atoms with Crippen LogP contribution in [0.2, 0.25) is 0 Å². The van der Waals surface area contributed by atoms with Crippen LogP contribution in [0.4, 0.5) is 0 Å². The minimum Gasteiger partial charge on any atom is -0.493 e. The van der Waals surface area contributed by atoms with Crippen molar-refractivity contribution < 1.29 is 24.3 Å². The van der Waals surface area contributed by atoms with Crippen molar-refractivity contribution in [2.75, 3.05) is 13.2 Å². The van der Waals surface area contributed by atoms with Gasteiger partial charge in [0.1, 0.15) is 5.75 Å². The third kappa shape index (κ3) is 5.45. The van der Waals surface area contributed by atoms with Gasteiger partial charge in [-0.05, 0) is 30.2 Å². The Morgan fingerprint density at radius 2 is 2.15 bits per heavy atom. The topological polar surface area (TPSA) is 108 Å². The molecular formula is C18H25N3O5. The minimum atomic E-state index is -0.606. The van der Waals surface area contributed by atoms with Gasteiger partial charge in [-0.25, -0.2) is 5.06 Å². The number of carbonyl (C=O) groups is 3. The number of nitrogens with one attached hydrogen (secondary N) is 2. The highest BCUT2D eigenvalue weighted by atomic mass is 16.5.